The van der Waals surface area contributed by atoms with E-state index in [1.54, 1.807) is 0 Å². The van der Waals surface area contributed by atoms with Crippen molar-refractivity contribution < 1.29 is 35.2 Å². The molecule has 13 heteroatoms. The lowest BCUT2D eigenvalue weighted by molar-refractivity contribution is 0.412. The number of halogens is 4. The molecule has 2 heterocycles. The quantitative estimate of drug-likeness (QED) is 0.238. The summed E-state index contributed by atoms with van der Waals surface area (Å²) in [7, 11) is -2.85. The third-order valence-electron chi connectivity index (χ3n) is 5.66. The van der Waals surface area contributed by atoms with Crippen molar-refractivity contribution in [3.8, 4) is 22.6 Å². The van der Waals surface area contributed by atoms with Gasteiger partial charge in [-0.1, -0.05) is 5.16 Å². The van der Waals surface area contributed by atoms with Gasteiger partial charge in [-0.25, -0.2) is 26.0 Å². The first-order valence-corrected chi connectivity index (χ1v) is 12.2. The molecule has 0 bridgehead atoms. The predicted octanol–water partition coefficient (Wildman–Crippen LogP) is 5.01. The van der Waals surface area contributed by atoms with E-state index < -0.39 is 50.0 Å². The van der Waals surface area contributed by atoms with Gasteiger partial charge in [0.25, 0.3) is 15.6 Å². The molecule has 0 amide bonds. The SMILES string of the molecule is COc1cc(-c2cc(F)c(F)cc2F)c(F)cc1-n1c(=O)ccc2cc(S(=O)(=O)Nc3ccon3)ccc21. The molecule has 5 aromatic rings. The molecule has 2 aromatic heterocycles. The summed E-state index contributed by atoms with van der Waals surface area (Å²) in [6, 6.07) is 10.4. The molecular formula is C25H15F4N3O5S. The average Bonchev–Trinajstić information content (AvgIpc) is 3.38. The van der Waals surface area contributed by atoms with Gasteiger partial charge >= 0.3 is 0 Å². The minimum absolute atomic E-state index is 0.0344. The van der Waals surface area contributed by atoms with Crippen LogP contribution >= 0.6 is 0 Å². The van der Waals surface area contributed by atoms with Crippen LogP contribution in [0.2, 0.25) is 0 Å². The Morgan fingerprint density at radius 1 is 0.868 bits per heavy atom. The number of pyridine rings is 1. The summed E-state index contributed by atoms with van der Waals surface area (Å²) in [6.07, 6.45) is 1.19. The monoisotopic (exact) mass is 545 g/mol. The van der Waals surface area contributed by atoms with Crippen molar-refractivity contribution in [2.75, 3.05) is 11.8 Å². The number of rotatable bonds is 6. The molecule has 8 nitrogen and oxygen atoms in total. The van der Waals surface area contributed by atoms with Gasteiger partial charge in [0.1, 0.15) is 23.6 Å². The standard InChI is InChI=1S/C25H15F4N3O5S/c1-36-23-10-16(15-9-19(28)20(29)11-17(15)26)18(27)12-22(23)32-21-4-3-14(8-13(21)2-5-25(32)33)38(34,35)31-24-6-7-37-30-24/h2-12H,1H3,(H,30,31). The number of methoxy groups -OCH3 is 1. The average molecular weight is 545 g/mol. The summed E-state index contributed by atoms with van der Waals surface area (Å²) >= 11 is 0. The lowest BCUT2D eigenvalue weighted by Gasteiger charge is -2.17. The molecule has 38 heavy (non-hydrogen) atoms. The Kier molecular flexibility index (Phi) is 6.15. The maximum Gasteiger partial charge on any atom is 0.263 e. The maximum atomic E-state index is 15.2. The summed E-state index contributed by atoms with van der Waals surface area (Å²) in [5.74, 6) is -5.19. The van der Waals surface area contributed by atoms with Crippen molar-refractivity contribution in [2.45, 2.75) is 4.90 Å². The third kappa shape index (κ3) is 4.36. The van der Waals surface area contributed by atoms with Crippen molar-refractivity contribution in [2.24, 2.45) is 0 Å². The van der Waals surface area contributed by atoms with Crippen LogP contribution in [0.3, 0.4) is 0 Å². The van der Waals surface area contributed by atoms with Gasteiger partial charge in [0.15, 0.2) is 17.5 Å². The molecule has 0 atom stereocenters. The number of hydrogen-bond donors (Lipinski definition) is 1. The van der Waals surface area contributed by atoms with Gasteiger partial charge in [-0.05, 0) is 36.4 Å². The van der Waals surface area contributed by atoms with Gasteiger partial charge in [-0.3, -0.25) is 14.1 Å². The smallest absolute Gasteiger partial charge is 0.263 e. The van der Waals surface area contributed by atoms with E-state index in [9.17, 15) is 26.4 Å². The molecule has 0 aliphatic carbocycles. The zero-order valence-electron chi connectivity index (χ0n) is 19.2. The van der Waals surface area contributed by atoms with Crippen molar-refractivity contribution in [3.05, 3.63) is 101 Å². The Balaban J connectivity index is 1.66. The molecule has 3 aromatic carbocycles. The highest BCUT2D eigenvalue weighted by molar-refractivity contribution is 7.92. The zero-order valence-corrected chi connectivity index (χ0v) is 20.0. The van der Waals surface area contributed by atoms with Crippen molar-refractivity contribution in [1.29, 1.82) is 0 Å². The third-order valence-corrected chi connectivity index (χ3v) is 7.01. The minimum atomic E-state index is -4.07. The normalized spacial score (nSPS) is 11.6. The summed E-state index contributed by atoms with van der Waals surface area (Å²) in [5.41, 5.74) is -1.49. The Bertz CT molecular complexity index is 1870. The minimum Gasteiger partial charge on any atom is -0.495 e. The summed E-state index contributed by atoms with van der Waals surface area (Å²) in [5, 5.41) is 3.80. The van der Waals surface area contributed by atoms with Crippen LogP contribution in [0.15, 0.2) is 81.1 Å². The van der Waals surface area contributed by atoms with Crippen molar-refractivity contribution in [1.82, 2.24) is 9.72 Å². The zero-order chi connectivity index (χ0) is 27.2. The number of anilines is 1. The summed E-state index contributed by atoms with van der Waals surface area (Å²) < 4.78 is 95.4. The number of hydrogen-bond acceptors (Lipinski definition) is 6. The molecule has 5 rings (SSSR count). The second kappa shape index (κ2) is 9.34. The topological polar surface area (TPSA) is 103 Å². The molecule has 0 aliphatic heterocycles. The number of sulfonamides is 1. The molecule has 0 unspecified atom stereocenters. The van der Waals surface area contributed by atoms with E-state index in [2.05, 4.69) is 14.4 Å². The highest BCUT2D eigenvalue weighted by atomic mass is 32.2. The van der Waals surface area contributed by atoms with E-state index in [-0.39, 0.29) is 27.7 Å². The fourth-order valence-corrected chi connectivity index (χ4v) is 4.95. The maximum absolute atomic E-state index is 15.2. The van der Waals surface area contributed by atoms with Gasteiger partial charge < -0.3 is 9.26 Å². The van der Waals surface area contributed by atoms with Gasteiger partial charge in [0, 0.05) is 40.8 Å². The van der Waals surface area contributed by atoms with Crippen LogP contribution in [0.5, 0.6) is 5.75 Å². The molecule has 0 radical (unpaired) electrons. The second-order valence-electron chi connectivity index (χ2n) is 7.97. The van der Waals surface area contributed by atoms with Gasteiger partial charge in [0.05, 0.1) is 23.2 Å². The number of fused-ring (bicyclic) bond motifs is 1. The van der Waals surface area contributed by atoms with Crippen LogP contribution in [-0.2, 0) is 10.0 Å². The molecule has 0 fully saturated rings. The highest BCUT2D eigenvalue weighted by Crippen LogP contribution is 2.35. The molecule has 0 saturated carbocycles. The molecule has 194 valence electrons. The summed E-state index contributed by atoms with van der Waals surface area (Å²) in [6.45, 7) is 0. The predicted molar refractivity (Wildman–Crippen MR) is 129 cm³/mol. The van der Waals surface area contributed by atoms with Crippen LogP contribution < -0.4 is 15.0 Å². The van der Waals surface area contributed by atoms with Crippen LogP contribution in [0.4, 0.5) is 23.4 Å². The molecule has 0 saturated heterocycles. The van der Waals surface area contributed by atoms with E-state index in [4.69, 9.17) is 4.74 Å². The number of aromatic nitrogens is 2. The van der Waals surface area contributed by atoms with Crippen LogP contribution in [0, 0.1) is 23.3 Å². The van der Waals surface area contributed by atoms with Crippen molar-refractivity contribution in [3.63, 3.8) is 0 Å². The molecule has 1 N–H and O–H groups in total. The Labute approximate surface area is 211 Å². The Morgan fingerprint density at radius 3 is 2.29 bits per heavy atom. The van der Waals surface area contributed by atoms with Crippen LogP contribution in [-0.4, -0.2) is 25.3 Å². The molecular weight excluding hydrogens is 530 g/mol. The first-order valence-electron chi connectivity index (χ1n) is 10.7. The lowest BCUT2D eigenvalue weighted by atomic mass is 10.0. The van der Waals surface area contributed by atoms with E-state index in [1.807, 2.05) is 0 Å². The Morgan fingerprint density at radius 2 is 1.58 bits per heavy atom. The first kappa shape index (κ1) is 25.0. The largest absolute Gasteiger partial charge is 0.495 e. The van der Waals surface area contributed by atoms with E-state index in [0.717, 1.165) is 22.8 Å². The second-order valence-corrected chi connectivity index (χ2v) is 9.65. The molecule has 0 aliphatic rings. The number of benzene rings is 3. The number of nitrogens with one attached hydrogen (secondary N) is 1. The van der Waals surface area contributed by atoms with Crippen LogP contribution in [0.1, 0.15) is 0 Å². The van der Waals surface area contributed by atoms with Gasteiger partial charge in [0.2, 0.25) is 0 Å². The fraction of sp³-hybridized carbons (Fsp3) is 0.0400. The Hall–Kier alpha value is -4.65. The van der Waals surface area contributed by atoms with Crippen molar-refractivity contribution >= 4 is 26.7 Å². The van der Waals surface area contributed by atoms with E-state index in [1.165, 1.54) is 43.7 Å². The fourth-order valence-electron chi connectivity index (χ4n) is 3.92. The van der Waals surface area contributed by atoms with E-state index >= 15 is 4.39 Å². The lowest BCUT2D eigenvalue weighted by Crippen LogP contribution is -2.19. The van der Waals surface area contributed by atoms with Gasteiger partial charge in [-0.15, -0.1) is 0 Å². The summed E-state index contributed by atoms with van der Waals surface area (Å²) in [4.78, 5) is 12.7. The number of ether oxygens (including phenoxy) is 1. The van der Waals surface area contributed by atoms with Gasteiger partial charge in [-0.2, -0.15) is 0 Å². The van der Waals surface area contributed by atoms with E-state index in [0.29, 0.717) is 17.5 Å². The van der Waals surface area contributed by atoms with Crippen LogP contribution in [0.25, 0.3) is 27.7 Å². The number of nitrogens with zero attached hydrogens (tertiary/aromatic N) is 2. The highest BCUT2D eigenvalue weighted by Gasteiger charge is 2.21. The first-order chi connectivity index (χ1) is 18.1. The molecule has 0 spiro atoms.